The quantitative estimate of drug-likeness (QED) is 0.458. The van der Waals surface area contributed by atoms with Gasteiger partial charge in [0, 0.05) is 23.1 Å². The van der Waals surface area contributed by atoms with Crippen LogP contribution in [0.2, 0.25) is 0 Å². The summed E-state index contributed by atoms with van der Waals surface area (Å²) in [7, 11) is 0. The maximum absolute atomic E-state index is 12.7. The van der Waals surface area contributed by atoms with Crippen molar-refractivity contribution in [2.24, 2.45) is 5.92 Å². The van der Waals surface area contributed by atoms with Gasteiger partial charge in [-0.1, -0.05) is 30.3 Å². The molecule has 6 nitrogen and oxygen atoms in total. The van der Waals surface area contributed by atoms with Crippen LogP contribution in [0.15, 0.2) is 54.3 Å². The molecule has 0 unspecified atom stereocenters. The number of rotatable bonds is 5. The van der Waals surface area contributed by atoms with E-state index in [1.54, 1.807) is 11.3 Å². The van der Waals surface area contributed by atoms with Gasteiger partial charge in [-0.15, -0.1) is 21.5 Å². The fraction of sp³-hybridized carbons (Fsp3) is 0.360. The van der Waals surface area contributed by atoms with E-state index in [0.29, 0.717) is 0 Å². The maximum atomic E-state index is 12.7. The summed E-state index contributed by atoms with van der Waals surface area (Å²) in [6.07, 6.45) is 6.75. The zero-order chi connectivity index (χ0) is 21.7. The highest BCUT2D eigenvalue weighted by atomic mass is 32.1. The van der Waals surface area contributed by atoms with Crippen molar-refractivity contribution in [1.82, 2.24) is 25.1 Å². The first-order chi connectivity index (χ1) is 15.6. The number of hydrogen-bond donors (Lipinski definition) is 1. The monoisotopic (exact) mass is 443 g/mol. The molecule has 2 saturated carbocycles. The zero-order valence-corrected chi connectivity index (χ0v) is 18.8. The molecule has 162 valence electrons. The molecule has 2 aliphatic rings. The van der Waals surface area contributed by atoms with E-state index >= 15 is 0 Å². The van der Waals surface area contributed by atoms with Crippen molar-refractivity contribution < 1.29 is 4.79 Å². The number of thiazole rings is 1. The molecule has 2 aliphatic carbocycles. The molecule has 2 aromatic carbocycles. The molecule has 6 rings (SSSR count). The normalized spacial score (nSPS) is 21.7. The predicted octanol–water partition coefficient (Wildman–Crippen LogP) is 5.23. The van der Waals surface area contributed by atoms with Gasteiger partial charge in [0.1, 0.15) is 6.33 Å². The molecule has 0 spiro atoms. The molecule has 0 radical (unpaired) electrons. The Hall–Kier alpha value is -3.06. The molecule has 32 heavy (non-hydrogen) atoms. The number of aromatic nitrogens is 4. The molecule has 0 bridgehead atoms. The van der Waals surface area contributed by atoms with Crippen LogP contribution in [-0.2, 0) is 4.79 Å². The Labute approximate surface area is 190 Å². The van der Waals surface area contributed by atoms with Gasteiger partial charge in [-0.3, -0.25) is 4.79 Å². The molecule has 1 amide bonds. The Morgan fingerprint density at radius 3 is 2.69 bits per heavy atom. The fourth-order valence-corrected chi connectivity index (χ4v) is 5.44. The van der Waals surface area contributed by atoms with E-state index in [1.165, 1.54) is 15.8 Å². The van der Waals surface area contributed by atoms with Crippen molar-refractivity contribution in [3.63, 3.8) is 0 Å². The molecular weight excluding hydrogens is 418 g/mol. The van der Waals surface area contributed by atoms with Gasteiger partial charge in [0.2, 0.25) is 5.91 Å². The summed E-state index contributed by atoms with van der Waals surface area (Å²) >= 11 is 1.66. The molecule has 0 saturated heterocycles. The Kier molecular flexibility index (Phi) is 4.61. The SMILES string of the molecule is CC1(NC(=O)[C@H]2CC[C@@H](n3cnnc3-c3ccc(-c4ccc5ncsc5c4)cc3)C2)CC1. The molecular formula is C25H25N5OS. The highest BCUT2D eigenvalue weighted by Gasteiger charge is 2.41. The lowest BCUT2D eigenvalue weighted by molar-refractivity contribution is -0.125. The minimum atomic E-state index is 0.0448. The molecule has 2 fully saturated rings. The average molecular weight is 444 g/mol. The highest BCUT2D eigenvalue weighted by molar-refractivity contribution is 7.16. The van der Waals surface area contributed by atoms with E-state index < -0.39 is 0 Å². The van der Waals surface area contributed by atoms with Crippen LogP contribution in [0.1, 0.15) is 45.1 Å². The number of nitrogens with one attached hydrogen (secondary N) is 1. The van der Waals surface area contributed by atoms with E-state index in [0.717, 1.165) is 49.0 Å². The molecule has 2 aromatic heterocycles. The van der Waals surface area contributed by atoms with E-state index in [-0.39, 0.29) is 23.4 Å². The zero-order valence-electron chi connectivity index (χ0n) is 18.0. The number of amides is 1. The topological polar surface area (TPSA) is 72.7 Å². The largest absolute Gasteiger partial charge is 0.351 e. The van der Waals surface area contributed by atoms with Crippen LogP contribution < -0.4 is 5.32 Å². The van der Waals surface area contributed by atoms with Crippen LogP contribution in [0.5, 0.6) is 0 Å². The lowest BCUT2D eigenvalue weighted by Gasteiger charge is -2.17. The summed E-state index contributed by atoms with van der Waals surface area (Å²) in [4.78, 5) is 17.0. The number of fused-ring (bicyclic) bond motifs is 1. The number of carbonyl (C=O) groups excluding carboxylic acids is 1. The summed E-state index contributed by atoms with van der Waals surface area (Å²) in [6.45, 7) is 2.13. The number of carbonyl (C=O) groups is 1. The van der Waals surface area contributed by atoms with Gasteiger partial charge >= 0.3 is 0 Å². The standard InChI is InChI=1S/C25H25N5OS/c1-25(10-11-25)28-24(31)19-6-8-20(12-19)30-14-27-29-23(30)17-4-2-16(3-5-17)18-7-9-21-22(13-18)32-15-26-21/h2-5,7,9,13-15,19-20H,6,8,10-12H2,1H3,(H,28,31)/t19-,20+/m0/s1. The third-order valence-corrected chi connectivity index (χ3v) is 7.77. The van der Waals surface area contributed by atoms with Crippen molar-refractivity contribution in [1.29, 1.82) is 0 Å². The summed E-state index contributed by atoms with van der Waals surface area (Å²) in [6, 6.07) is 15.1. The van der Waals surface area contributed by atoms with Crippen molar-refractivity contribution in [3.05, 3.63) is 54.3 Å². The summed E-state index contributed by atoms with van der Waals surface area (Å²) < 4.78 is 3.35. The molecule has 7 heteroatoms. The summed E-state index contributed by atoms with van der Waals surface area (Å²) in [5.74, 6) is 1.16. The average Bonchev–Trinajstić information content (AvgIpc) is 3.28. The Bertz CT molecular complexity index is 1290. The van der Waals surface area contributed by atoms with Crippen LogP contribution in [0.3, 0.4) is 0 Å². The van der Waals surface area contributed by atoms with E-state index in [4.69, 9.17) is 0 Å². The number of benzene rings is 2. The Balaban J connectivity index is 1.20. The minimum Gasteiger partial charge on any atom is -0.351 e. The fourth-order valence-electron chi connectivity index (χ4n) is 4.72. The van der Waals surface area contributed by atoms with Crippen molar-refractivity contribution in [2.75, 3.05) is 0 Å². The maximum Gasteiger partial charge on any atom is 0.223 e. The smallest absolute Gasteiger partial charge is 0.223 e. The molecule has 2 heterocycles. The molecule has 4 aromatic rings. The third kappa shape index (κ3) is 3.60. The molecule has 2 atom stereocenters. The van der Waals surface area contributed by atoms with Gasteiger partial charge in [0.05, 0.1) is 15.7 Å². The Morgan fingerprint density at radius 2 is 1.88 bits per heavy atom. The van der Waals surface area contributed by atoms with Gasteiger partial charge in [0.15, 0.2) is 5.82 Å². The second-order valence-corrected chi connectivity index (χ2v) is 10.3. The first-order valence-corrected chi connectivity index (χ1v) is 12.1. The second-order valence-electron chi connectivity index (χ2n) is 9.39. The van der Waals surface area contributed by atoms with Gasteiger partial charge in [-0.05, 0) is 62.3 Å². The second kappa shape index (κ2) is 7.52. The lowest BCUT2D eigenvalue weighted by atomic mass is 10.0. The Morgan fingerprint density at radius 1 is 1.09 bits per heavy atom. The molecule has 0 aliphatic heterocycles. The van der Waals surface area contributed by atoms with Crippen LogP contribution in [-0.4, -0.2) is 31.2 Å². The van der Waals surface area contributed by atoms with E-state index in [2.05, 4.69) is 74.5 Å². The lowest BCUT2D eigenvalue weighted by Crippen LogP contribution is -2.38. The van der Waals surface area contributed by atoms with E-state index in [1.807, 2.05) is 11.8 Å². The predicted molar refractivity (Wildman–Crippen MR) is 126 cm³/mol. The van der Waals surface area contributed by atoms with Crippen LogP contribution >= 0.6 is 11.3 Å². The van der Waals surface area contributed by atoms with Crippen molar-refractivity contribution in [3.8, 4) is 22.5 Å². The number of nitrogens with zero attached hydrogens (tertiary/aromatic N) is 4. The van der Waals surface area contributed by atoms with Gasteiger partial charge in [-0.25, -0.2) is 4.98 Å². The van der Waals surface area contributed by atoms with Gasteiger partial charge < -0.3 is 9.88 Å². The van der Waals surface area contributed by atoms with Crippen molar-refractivity contribution >= 4 is 27.5 Å². The van der Waals surface area contributed by atoms with Gasteiger partial charge in [-0.2, -0.15) is 0 Å². The summed E-state index contributed by atoms with van der Waals surface area (Å²) in [5.41, 5.74) is 6.36. The van der Waals surface area contributed by atoms with Crippen LogP contribution in [0.25, 0.3) is 32.7 Å². The number of hydrogen-bond acceptors (Lipinski definition) is 5. The van der Waals surface area contributed by atoms with E-state index in [9.17, 15) is 4.79 Å². The van der Waals surface area contributed by atoms with Crippen molar-refractivity contribution in [2.45, 2.75) is 50.6 Å². The third-order valence-electron chi connectivity index (χ3n) is 6.97. The summed E-state index contributed by atoms with van der Waals surface area (Å²) in [5, 5.41) is 11.8. The van der Waals surface area contributed by atoms with Gasteiger partial charge in [0.25, 0.3) is 0 Å². The first-order valence-electron chi connectivity index (χ1n) is 11.2. The molecule has 1 N–H and O–H groups in total. The minimum absolute atomic E-state index is 0.0448. The van der Waals surface area contributed by atoms with Crippen LogP contribution in [0, 0.1) is 5.92 Å². The van der Waals surface area contributed by atoms with Crippen LogP contribution in [0.4, 0.5) is 0 Å². The first kappa shape index (κ1) is 19.6. The highest BCUT2D eigenvalue weighted by Crippen LogP contribution is 2.39.